The van der Waals surface area contributed by atoms with Gasteiger partial charge in [0.25, 0.3) is 5.95 Å². The van der Waals surface area contributed by atoms with Crippen molar-refractivity contribution in [3.63, 3.8) is 0 Å². The van der Waals surface area contributed by atoms with Crippen LogP contribution in [0.2, 0.25) is 0 Å². The third kappa shape index (κ3) is 1.87. The Hall–Kier alpha value is -1.10. The highest BCUT2D eigenvalue weighted by Crippen LogP contribution is 2.24. The van der Waals surface area contributed by atoms with Crippen LogP contribution in [-0.2, 0) is 5.54 Å². The first-order chi connectivity index (χ1) is 6.53. The van der Waals surface area contributed by atoms with Crippen LogP contribution < -0.4 is 10.6 Å². The molecule has 0 bridgehead atoms. The van der Waals surface area contributed by atoms with E-state index in [0.717, 1.165) is 12.8 Å². The number of nitrogens with zero attached hydrogens (tertiary/aromatic N) is 3. The van der Waals surface area contributed by atoms with Gasteiger partial charge < -0.3 is 15.2 Å². The van der Waals surface area contributed by atoms with E-state index in [1.54, 1.807) is 4.90 Å². The van der Waals surface area contributed by atoms with Crippen molar-refractivity contribution < 1.29 is 4.52 Å². The van der Waals surface area contributed by atoms with Crippen molar-refractivity contribution >= 4 is 5.95 Å². The average Bonchev–Trinajstić information content (AvgIpc) is 2.66. The quantitative estimate of drug-likeness (QED) is 0.784. The Morgan fingerprint density at radius 2 is 1.93 bits per heavy atom. The van der Waals surface area contributed by atoms with Crippen molar-refractivity contribution in [3.05, 3.63) is 5.89 Å². The Bertz CT molecular complexity index is 291. The molecule has 0 aliphatic rings. The topological polar surface area (TPSA) is 68.2 Å². The van der Waals surface area contributed by atoms with Gasteiger partial charge >= 0.3 is 0 Å². The van der Waals surface area contributed by atoms with Crippen molar-refractivity contribution in [2.24, 2.45) is 5.73 Å². The number of hydrogen-bond acceptors (Lipinski definition) is 5. The minimum absolute atomic E-state index is 0.485. The zero-order valence-corrected chi connectivity index (χ0v) is 9.24. The van der Waals surface area contributed by atoms with Gasteiger partial charge in [-0.3, -0.25) is 0 Å². The summed E-state index contributed by atoms with van der Waals surface area (Å²) in [5.41, 5.74) is 5.63. The second-order valence-corrected chi connectivity index (χ2v) is 3.66. The van der Waals surface area contributed by atoms with E-state index < -0.39 is 5.54 Å². The first-order valence-corrected chi connectivity index (χ1v) is 4.84. The Balaban J connectivity index is 2.95. The summed E-state index contributed by atoms with van der Waals surface area (Å²) in [6, 6.07) is 0. The highest BCUT2D eigenvalue weighted by atomic mass is 16.5. The predicted molar refractivity (Wildman–Crippen MR) is 55.1 cm³/mol. The van der Waals surface area contributed by atoms with Gasteiger partial charge in [0.15, 0.2) is 0 Å². The lowest BCUT2D eigenvalue weighted by molar-refractivity contribution is 0.268. The molecule has 1 aromatic heterocycles. The van der Waals surface area contributed by atoms with Crippen LogP contribution in [0.25, 0.3) is 0 Å². The summed E-state index contributed by atoms with van der Waals surface area (Å²) in [6.07, 6.45) is 1.58. The maximum absolute atomic E-state index is 6.12. The van der Waals surface area contributed by atoms with Gasteiger partial charge in [0.2, 0.25) is 5.89 Å². The average molecular weight is 198 g/mol. The summed E-state index contributed by atoms with van der Waals surface area (Å²) in [6.45, 7) is 4.03. The van der Waals surface area contributed by atoms with Gasteiger partial charge in [0.1, 0.15) is 0 Å². The van der Waals surface area contributed by atoms with E-state index in [-0.39, 0.29) is 0 Å². The van der Waals surface area contributed by atoms with Crippen molar-refractivity contribution in [1.82, 2.24) is 10.1 Å². The molecule has 0 aromatic carbocycles. The Kier molecular flexibility index (Phi) is 3.10. The largest absolute Gasteiger partial charge is 0.344 e. The van der Waals surface area contributed by atoms with Gasteiger partial charge in [0.05, 0.1) is 5.54 Å². The fourth-order valence-electron chi connectivity index (χ4n) is 1.15. The zero-order valence-electron chi connectivity index (χ0n) is 9.24. The highest BCUT2D eigenvalue weighted by molar-refractivity contribution is 5.25. The summed E-state index contributed by atoms with van der Waals surface area (Å²) < 4.78 is 5.15. The van der Waals surface area contributed by atoms with Crippen molar-refractivity contribution in [2.45, 2.75) is 32.2 Å². The van der Waals surface area contributed by atoms with Gasteiger partial charge in [-0.15, -0.1) is 0 Å². The molecule has 0 amide bonds. The second kappa shape index (κ2) is 3.96. The molecule has 80 valence electrons. The van der Waals surface area contributed by atoms with E-state index in [1.165, 1.54) is 0 Å². The molecule has 0 radical (unpaired) electrons. The number of nitrogens with two attached hydrogens (primary N) is 1. The molecular formula is C9H18N4O. The molecule has 5 heteroatoms. The summed E-state index contributed by atoms with van der Waals surface area (Å²) >= 11 is 0. The molecule has 0 spiro atoms. The van der Waals surface area contributed by atoms with Crippen LogP contribution >= 0.6 is 0 Å². The molecule has 0 saturated heterocycles. The van der Waals surface area contributed by atoms with E-state index in [0.29, 0.717) is 11.8 Å². The summed E-state index contributed by atoms with van der Waals surface area (Å²) in [5, 5.41) is 3.84. The van der Waals surface area contributed by atoms with Gasteiger partial charge in [-0.05, 0) is 18.0 Å². The third-order valence-electron chi connectivity index (χ3n) is 2.50. The Morgan fingerprint density at radius 3 is 2.29 bits per heavy atom. The lowest BCUT2D eigenvalue weighted by Gasteiger charge is -2.20. The molecule has 14 heavy (non-hydrogen) atoms. The molecule has 2 N–H and O–H groups in total. The summed E-state index contributed by atoms with van der Waals surface area (Å²) in [4.78, 5) is 6.04. The lowest BCUT2D eigenvalue weighted by Crippen LogP contribution is -2.35. The van der Waals surface area contributed by atoms with Crippen molar-refractivity contribution in [1.29, 1.82) is 0 Å². The Morgan fingerprint density at radius 1 is 1.36 bits per heavy atom. The van der Waals surface area contributed by atoms with Gasteiger partial charge in [-0.2, -0.15) is 4.98 Å². The second-order valence-electron chi connectivity index (χ2n) is 3.66. The van der Waals surface area contributed by atoms with E-state index in [4.69, 9.17) is 10.3 Å². The van der Waals surface area contributed by atoms with Crippen LogP contribution in [0.5, 0.6) is 0 Å². The minimum Gasteiger partial charge on any atom is -0.344 e. The van der Waals surface area contributed by atoms with Crippen LogP contribution in [0.4, 0.5) is 5.95 Å². The molecule has 0 aliphatic carbocycles. The van der Waals surface area contributed by atoms with Crippen LogP contribution in [0, 0.1) is 0 Å². The minimum atomic E-state index is -0.485. The van der Waals surface area contributed by atoms with Gasteiger partial charge in [-0.1, -0.05) is 13.8 Å². The molecule has 0 saturated carbocycles. The highest BCUT2D eigenvalue weighted by Gasteiger charge is 2.30. The molecule has 1 aromatic rings. The molecule has 1 heterocycles. The molecule has 0 atom stereocenters. The zero-order chi connectivity index (χ0) is 10.8. The van der Waals surface area contributed by atoms with Gasteiger partial charge in [-0.25, -0.2) is 0 Å². The van der Waals surface area contributed by atoms with E-state index in [2.05, 4.69) is 10.1 Å². The van der Waals surface area contributed by atoms with Crippen LogP contribution in [0.3, 0.4) is 0 Å². The molecular weight excluding hydrogens is 180 g/mol. The first kappa shape index (κ1) is 11.0. The normalized spacial score (nSPS) is 11.8. The molecule has 1 rings (SSSR count). The standard InChI is InChI=1S/C9H18N4O/c1-5-9(10,6-2)7-11-8(12-14-7)13(3)4/h5-6,10H2,1-4H3. The SMILES string of the molecule is CCC(N)(CC)c1nc(N(C)C)no1. The van der Waals surface area contributed by atoms with Crippen LogP contribution in [-0.4, -0.2) is 24.2 Å². The smallest absolute Gasteiger partial charge is 0.265 e. The fraction of sp³-hybridized carbons (Fsp3) is 0.778. The summed E-state index contributed by atoms with van der Waals surface area (Å²) in [5.74, 6) is 1.09. The third-order valence-corrected chi connectivity index (χ3v) is 2.50. The van der Waals surface area contributed by atoms with Crippen LogP contribution in [0.1, 0.15) is 32.6 Å². The number of aromatic nitrogens is 2. The maximum Gasteiger partial charge on any atom is 0.265 e. The molecule has 0 fully saturated rings. The monoisotopic (exact) mass is 198 g/mol. The maximum atomic E-state index is 6.12. The fourth-order valence-corrected chi connectivity index (χ4v) is 1.15. The van der Waals surface area contributed by atoms with E-state index in [1.807, 2.05) is 27.9 Å². The molecule has 5 nitrogen and oxygen atoms in total. The molecule has 0 aliphatic heterocycles. The molecule has 0 unspecified atom stereocenters. The van der Waals surface area contributed by atoms with Crippen molar-refractivity contribution in [2.75, 3.05) is 19.0 Å². The van der Waals surface area contributed by atoms with Crippen LogP contribution in [0.15, 0.2) is 4.52 Å². The van der Waals surface area contributed by atoms with E-state index in [9.17, 15) is 0 Å². The van der Waals surface area contributed by atoms with Gasteiger partial charge in [0, 0.05) is 14.1 Å². The van der Waals surface area contributed by atoms with Crippen molar-refractivity contribution in [3.8, 4) is 0 Å². The first-order valence-electron chi connectivity index (χ1n) is 4.84. The number of hydrogen-bond donors (Lipinski definition) is 1. The number of anilines is 1. The lowest BCUT2D eigenvalue weighted by atomic mass is 9.94. The number of rotatable bonds is 4. The van der Waals surface area contributed by atoms with E-state index >= 15 is 0 Å². The predicted octanol–water partition coefficient (Wildman–Crippen LogP) is 1.11. The summed E-state index contributed by atoms with van der Waals surface area (Å²) in [7, 11) is 3.73. The Labute approximate surface area is 84.3 Å².